The first-order valence-electron chi connectivity index (χ1n) is 8.33. The van der Waals surface area contributed by atoms with Crippen LogP contribution in [0.4, 0.5) is 5.69 Å². The van der Waals surface area contributed by atoms with Crippen LogP contribution in [0.2, 0.25) is 0 Å². The lowest BCUT2D eigenvalue weighted by Gasteiger charge is -2.18. The third-order valence-corrected chi connectivity index (χ3v) is 3.89. The molecule has 3 aromatic rings. The minimum Gasteiger partial charge on any atom is -0.427 e. The first-order valence-corrected chi connectivity index (χ1v) is 8.33. The van der Waals surface area contributed by atoms with Crippen molar-refractivity contribution in [2.75, 3.05) is 5.32 Å². The Balaban J connectivity index is 1.88. The van der Waals surface area contributed by atoms with Crippen molar-refractivity contribution >= 4 is 17.6 Å². The number of amides is 1. The molecule has 0 fully saturated rings. The minimum atomic E-state index is -0.435. The minimum absolute atomic E-state index is 0.151. The molecule has 3 rings (SSSR count). The summed E-state index contributed by atoms with van der Waals surface area (Å²) in [4.78, 5) is 24.1. The van der Waals surface area contributed by atoms with Crippen molar-refractivity contribution < 1.29 is 14.3 Å². The van der Waals surface area contributed by atoms with Gasteiger partial charge in [-0.25, -0.2) is 0 Å². The Morgan fingerprint density at radius 3 is 1.92 bits per heavy atom. The van der Waals surface area contributed by atoms with Crippen molar-refractivity contribution in [2.45, 2.75) is 12.8 Å². The fourth-order valence-electron chi connectivity index (χ4n) is 2.80. The van der Waals surface area contributed by atoms with E-state index in [0.717, 1.165) is 11.1 Å². The van der Waals surface area contributed by atoms with Gasteiger partial charge in [0.15, 0.2) is 0 Å². The maximum atomic E-state index is 13.0. The smallest absolute Gasteiger partial charge is 0.308 e. The average molecular weight is 345 g/mol. The summed E-state index contributed by atoms with van der Waals surface area (Å²) in [7, 11) is 0. The highest BCUT2D eigenvalue weighted by atomic mass is 16.5. The van der Waals surface area contributed by atoms with E-state index >= 15 is 0 Å². The van der Waals surface area contributed by atoms with E-state index < -0.39 is 11.9 Å². The molecule has 0 bridgehead atoms. The normalized spacial score (nSPS) is 10.4. The molecule has 0 unspecified atom stereocenters. The molecular formula is C22H19NO3. The topological polar surface area (TPSA) is 55.4 Å². The van der Waals surface area contributed by atoms with Crippen molar-refractivity contribution in [1.82, 2.24) is 0 Å². The molecule has 0 aliphatic heterocycles. The first-order chi connectivity index (χ1) is 12.6. The van der Waals surface area contributed by atoms with Crippen LogP contribution >= 0.6 is 0 Å². The lowest BCUT2D eigenvalue weighted by molar-refractivity contribution is -0.131. The van der Waals surface area contributed by atoms with Crippen LogP contribution in [0.3, 0.4) is 0 Å². The highest BCUT2D eigenvalue weighted by molar-refractivity contribution is 5.98. The Kier molecular flexibility index (Phi) is 5.44. The van der Waals surface area contributed by atoms with Gasteiger partial charge in [0.05, 0.1) is 5.92 Å². The van der Waals surface area contributed by atoms with Gasteiger partial charge in [0.25, 0.3) is 0 Å². The van der Waals surface area contributed by atoms with E-state index in [-0.39, 0.29) is 5.91 Å². The third-order valence-electron chi connectivity index (χ3n) is 3.89. The van der Waals surface area contributed by atoms with E-state index in [0.29, 0.717) is 11.4 Å². The largest absolute Gasteiger partial charge is 0.427 e. The number of hydrogen-bond acceptors (Lipinski definition) is 3. The van der Waals surface area contributed by atoms with Gasteiger partial charge in [0, 0.05) is 18.7 Å². The second-order valence-corrected chi connectivity index (χ2v) is 5.87. The lowest BCUT2D eigenvalue weighted by Crippen LogP contribution is -2.22. The van der Waals surface area contributed by atoms with Crippen LogP contribution in [0.25, 0.3) is 0 Å². The third kappa shape index (κ3) is 4.36. The monoisotopic (exact) mass is 345 g/mol. The summed E-state index contributed by atoms with van der Waals surface area (Å²) in [6.07, 6.45) is 0. The molecule has 0 atom stereocenters. The predicted octanol–water partition coefficient (Wildman–Crippen LogP) is 4.38. The van der Waals surface area contributed by atoms with Gasteiger partial charge in [-0.1, -0.05) is 66.7 Å². The second kappa shape index (κ2) is 8.12. The molecule has 4 nitrogen and oxygen atoms in total. The van der Waals surface area contributed by atoms with Crippen LogP contribution in [0.5, 0.6) is 5.75 Å². The van der Waals surface area contributed by atoms with Crippen LogP contribution < -0.4 is 10.1 Å². The van der Waals surface area contributed by atoms with Crippen molar-refractivity contribution in [1.29, 1.82) is 0 Å². The van der Waals surface area contributed by atoms with E-state index in [2.05, 4.69) is 5.32 Å². The van der Waals surface area contributed by atoms with Crippen LogP contribution in [0.15, 0.2) is 84.9 Å². The molecule has 0 aliphatic carbocycles. The van der Waals surface area contributed by atoms with Gasteiger partial charge in [-0.3, -0.25) is 9.59 Å². The Hall–Kier alpha value is -3.40. The molecule has 0 saturated carbocycles. The number of nitrogens with one attached hydrogen (secondary N) is 1. The number of rotatable bonds is 5. The number of carbonyl (C=O) groups is 2. The molecule has 0 aromatic heterocycles. The Bertz CT molecular complexity index is 852. The number of ether oxygens (including phenoxy) is 1. The molecule has 0 heterocycles. The number of anilines is 1. The van der Waals surface area contributed by atoms with Crippen molar-refractivity contribution in [3.8, 4) is 5.75 Å². The van der Waals surface area contributed by atoms with Gasteiger partial charge >= 0.3 is 5.97 Å². The zero-order chi connectivity index (χ0) is 18.4. The SMILES string of the molecule is CC(=O)Oc1cccc(NC(=O)C(c2ccccc2)c2ccccc2)c1. The zero-order valence-electron chi connectivity index (χ0n) is 14.4. The zero-order valence-corrected chi connectivity index (χ0v) is 14.4. The molecule has 130 valence electrons. The van der Waals surface area contributed by atoms with Gasteiger partial charge in [-0.05, 0) is 23.3 Å². The summed E-state index contributed by atoms with van der Waals surface area (Å²) in [5.74, 6) is -0.594. The second-order valence-electron chi connectivity index (χ2n) is 5.87. The summed E-state index contributed by atoms with van der Waals surface area (Å²) >= 11 is 0. The maximum absolute atomic E-state index is 13.0. The van der Waals surface area contributed by atoms with Crippen LogP contribution in [0.1, 0.15) is 24.0 Å². The molecule has 4 heteroatoms. The molecule has 0 saturated heterocycles. The fourth-order valence-corrected chi connectivity index (χ4v) is 2.80. The molecule has 3 aromatic carbocycles. The Labute approximate surface area is 152 Å². The molecule has 0 aliphatic rings. The molecule has 1 N–H and O–H groups in total. The summed E-state index contributed by atoms with van der Waals surface area (Å²) in [6.45, 7) is 1.34. The van der Waals surface area contributed by atoms with E-state index in [9.17, 15) is 9.59 Å². The summed E-state index contributed by atoms with van der Waals surface area (Å²) in [6, 6.07) is 26.1. The summed E-state index contributed by atoms with van der Waals surface area (Å²) in [5.41, 5.74) is 2.39. The summed E-state index contributed by atoms with van der Waals surface area (Å²) < 4.78 is 5.08. The van der Waals surface area contributed by atoms with Crippen molar-refractivity contribution in [3.63, 3.8) is 0 Å². The van der Waals surface area contributed by atoms with Gasteiger partial charge in [-0.2, -0.15) is 0 Å². The van der Waals surface area contributed by atoms with Gasteiger partial charge < -0.3 is 10.1 Å². The van der Waals surface area contributed by atoms with Crippen molar-refractivity contribution in [2.24, 2.45) is 0 Å². The highest BCUT2D eigenvalue weighted by Gasteiger charge is 2.22. The van der Waals surface area contributed by atoms with E-state index in [4.69, 9.17) is 4.74 Å². The molecule has 0 spiro atoms. The van der Waals surface area contributed by atoms with E-state index in [1.54, 1.807) is 24.3 Å². The standard InChI is InChI=1S/C22H19NO3/c1-16(24)26-20-14-8-13-19(15-20)23-22(25)21(17-9-4-2-5-10-17)18-11-6-3-7-12-18/h2-15,21H,1H3,(H,23,25). The number of esters is 1. The summed E-state index contributed by atoms with van der Waals surface area (Å²) in [5, 5.41) is 2.92. The lowest BCUT2D eigenvalue weighted by atomic mass is 9.90. The van der Waals surface area contributed by atoms with Gasteiger partial charge in [0.2, 0.25) is 5.91 Å². The first kappa shape index (κ1) is 17.4. The maximum Gasteiger partial charge on any atom is 0.308 e. The van der Waals surface area contributed by atoms with E-state index in [1.165, 1.54) is 6.92 Å². The molecular weight excluding hydrogens is 326 g/mol. The molecule has 26 heavy (non-hydrogen) atoms. The number of carbonyl (C=O) groups excluding carboxylic acids is 2. The van der Waals surface area contributed by atoms with Crippen molar-refractivity contribution in [3.05, 3.63) is 96.1 Å². The van der Waals surface area contributed by atoms with Crippen LogP contribution in [0, 0.1) is 0 Å². The average Bonchev–Trinajstić information content (AvgIpc) is 2.63. The quantitative estimate of drug-likeness (QED) is 0.551. The molecule has 1 amide bonds. The van der Waals surface area contributed by atoms with E-state index in [1.807, 2.05) is 60.7 Å². The van der Waals surface area contributed by atoms with Crippen LogP contribution in [-0.2, 0) is 9.59 Å². The Morgan fingerprint density at radius 2 is 1.38 bits per heavy atom. The molecule has 0 radical (unpaired) electrons. The fraction of sp³-hybridized carbons (Fsp3) is 0.0909. The van der Waals surface area contributed by atoms with Gasteiger partial charge in [0.1, 0.15) is 5.75 Å². The Morgan fingerprint density at radius 1 is 0.808 bits per heavy atom. The highest BCUT2D eigenvalue weighted by Crippen LogP contribution is 2.27. The van der Waals surface area contributed by atoms with Gasteiger partial charge in [-0.15, -0.1) is 0 Å². The van der Waals surface area contributed by atoms with Crippen LogP contribution in [-0.4, -0.2) is 11.9 Å². The number of hydrogen-bond donors (Lipinski definition) is 1. The predicted molar refractivity (Wildman–Crippen MR) is 101 cm³/mol. The number of benzene rings is 3.